The highest BCUT2D eigenvalue weighted by Gasteiger charge is 2.22. The first kappa shape index (κ1) is 14.8. The van der Waals surface area contributed by atoms with E-state index in [9.17, 15) is 4.79 Å². The molecule has 1 aliphatic heterocycles. The molecule has 0 spiro atoms. The van der Waals surface area contributed by atoms with Crippen molar-refractivity contribution in [3.8, 4) is 0 Å². The number of anilines is 1. The van der Waals surface area contributed by atoms with Crippen LogP contribution in [0.4, 0.5) is 5.82 Å². The summed E-state index contributed by atoms with van der Waals surface area (Å²) in [4.78, 5) is 22.0. The molecule has 0 aliphatic carbocycles. The Kier molecular flexibility index (Phi) is 4.53. The van der Waals surface area contributed by atoms with Gasteiger partial charge in [-0.05, 0) is 17.5 Å². The van der Waals surface area contributed by atoms with Crippen LogP contribution in [0.15, 0.2) is 36.8 Å². The average molecular weight is 317 g/mol. The van der Waals surface area contributed by atoms with Crippen LogP contribution < -0.4 is 5.32 Å². The summed E-state index contributed by atoms with van der Waals surface area (Å²) >= 11 is 5.96. The van der Waals surface area contributed by atoms with Crippen molar-refractivity contribution >= 4 is 23.3 Å². The number of fused-ring (bicyclic) bond motifs is 1. The van der Waals surface area contributed by atoms with Gasteiger partial charge in [-0.1, -0.05) is 35.9 Å². The summed E-state index contributed by atoms with van der Waals surface area (Å²) in [6.45, 7) is 2.10. The summed E-state index contributed by atoms with van der Waals surface area (Å²) in [5.74, 6) is 0.796. The van der Waals surface area contributed by atoms with Gasteiger partial charge in [-0.2, -0.15) is 0 Å². The molecule has 1 amide bonds. The van der Waals surface area contributed by atoms with Gasteiger partial charge in [-0.25, -0.2) is 9.97 Å². The van der Waals surface area contributed by atoms with Crippen LogP contribution in [0.25, 0.3) is 0 Å². The molecule has 2 heterocycles. The average Bonchev–Trinajstić information content (AvgIpc) is 2.97. The Morgan fingerprint density at radius 3 is 2.68 bits per heavy atom. The smallest absolute Gasteiger partial charge is 0.223 e. The van der Waals surface area contributed by atoms with Crippen LogP contribution in [0.5, 0.6) is 0 Å². The number of hydrogen-bond acceptors (Lipinski definition) is 4. The summed E-state index contributed by atoms with van der Waals surface area (Å²) < 4.78 is 0. The molecule has 22 heavy (non-hydrogen) atoms. The molecule has 3 rings (SSSR count). The van der Waals surface area contributed by atoms with Gasteiger partial charge in [0.1, 0.15) is 17.2 Å². The number of aromatic nitrogens is 2. The fourth-order valence-corrected chi connectivity index (χ4v) is 2.73. The van der Waals surface area contributed by atoms with Gasteiger partial charge in [0.2, 0.25) is 5.91 Å². The summed E-state index contributed by atoms with van der Waals surface area (Å²) in [6.07, 6.45) is 4.25. The van der Waals surface area contributed by atoms with E-state index in [1.54, 1.807) is 6.20 Å². The minimum absolute atomic E-state index is 0.187. The zero-order chi connectivity index (χ0) is 15.4. The predicted octanol–water partition coefficient (Wildman–Crippen LogP) is 2.86. The van der Waals surface area contributed by atoms with Crippen LogP contribution in [0.2, 0.25) is 5.02 Å². The molecule has 5 nitrogen and oxygen atoms in total. The van der Waals surface area contributed by atoms with E-state index in [-0.39, 0.29) is 5.91 Å². The van der Waals surface area contributed by atoms with Crippen LogP contribution >= 0.6 is 11.6 Å². The molecule has 1 aromatic heterocycles. The lowest BCUT2D eigenvalue weighted by molar-refractivity contribution is -0.131. The maximum Gasteiger partial charge on any atom is 0.223 e. The molecule has 1 aliphatic rings. The van der Waals surface area contributed by atoms with Gasteiger partial charge in [0.15, 0.2) is 0 Å². The number of rotatable bonds is 5. The van der Waals surface area contributed by atoms with E-state index < -0.39 is 0 Å². The maximum absolute atomic E-state index is 12.2. The first-order valence-electron chi connectivity index (χ1n) is 7.28. The van der Waals surface area contributed by atoms with Crippen molar-refractivity contribution in [1.29, 1.82) is 0 Å². The first-order valence-corrected chi connectivity index (χ1v) is 7.66. The van der Waals surface area contributed by atoms with Gasteiger partial charge in [-0.15, -0.1) is 0 Å². The molecule has 0 bridgehead atoms. The SMILES string of the molecule is O=C(CCCNc1ncncc1Cl)N1Cc2ccccc2C1. The Balaban J connectivity index is 1.43. The van der Waals surface area contributed by atoms with Crippen LogP contribution in [-0.4, -0.2) is 27.3 Å². The highest BCUT2D eigenvalue weighted by Crippen LogP contribution is 2.23. The van der Waals surface area contributed by atoms with Gasteiger partial charge in [0.25, 0.3) is 0 Å². The van der Waals surface area contributed by atoms with Crippen molar-refractivity contribution in [3.05, 3.63) is 52.9 Å². The van der Waals surface area contributed by atoms with Crippen molar-refractivity contribution in [2.24, 2.45) is 0 Å². The third kappa shape index (κ3) is 3.36. The second kappa shape index (κ2) is 6.75. The molecule has 0 saturated heterocycles. The van der Waals surface area contributed by atoms with Crippen LogP contribution in [0.3, 0.4) is 0 Å². The Morgan fingerprint density at radius 2 is 2.00 bits per heavy atom. The molecular weight excluding hydrogens is 300 g/mol. The van der Waals surface area contributed by atoms with E-state index in [1.807, 2.05) is 17.0 Å². The third-order valence-electron chi connectivity index (χ3n) is 3.72. The predicted molar refractivity (Wildman–Crippen MR) is 85.5 cm³/mol. The Bertz CT molecular complexity index is 652. The maximum atomic E-state index is 12.2. The summed E-state index contributed by atoms with van der Waals surface area (Å²) in [5.41, 5.74) is 2.50. The zero-order valence-electron chi connectivity index (χ0n) is 12.1. The van der Waals surface area contributed by atoms with Crippen molar-refractivity contribution in [1.82, 2.24) is 14.9 Å². The molecule has 6 heteroatoms. The van der Waals surface area contributed by atoms with Crippen molar-refractivity contribution in [2.75, 3.05) is 11.9 Å². The first-order chi connectivity index (χ1) is 10.7. The number of amides is 1. The number of carbonyl (C=O) groups excluding carboxylic acids is 1. The van der Waals surface area contributed by atoms with Gasteiger partial charge >= 0.3 is 0 Å². The molecule has 0 radical (unpaired) electrons. The van der Waals surface area contributed by atoms with Gasteiger partial charge < -0.3 is 10.2 Å². The molecule has 0 saturated carbocycles. The van der Waals surface area contributed by atoms with Crippen molar-refractivity contribution in [3.63, 3.8) is 0 Å². The second-order valence-electron chi connectivity index (χ2n) is 5.27. The van der Waals surface area contributed by atoms with E-state index in [2.05, 4.69) is 27.4 Å². The quantitative estimate of drug-likeness (QED) is 0.862. The lowest BCUT2D eigenvalue weighted by Crippen LogP contribution is -2.25. The third-order valence-corrected chi connectivity index (χ3v) is 4.00. The zero-order valence-corrected chi connectivity index (χ0v) is 12.9. The van der Waals surface area contributed by atoms with E-state index >= 15 is 0 Å². The molecular formula is C16H17ClN4O. The van der Waals surface area contributed by atoms with Crippen molar-refractivity contribution < 1.29 is 4.79 Å². The molecule has 2 aromatic rings. The number of carbonyl (C=O) groups is 1. The lowest BCUT2D eigenvalue weighted by atomic mass is 10.1. The fourth-order valence-electron chi connectivity index (χ4n) is 2.56. The van der Waals surface area contributed by atoms with Gasteiger partial charge in [0.05, 0.1) is 6.20 Å². The van der Waals surface area contributed by atoms with Crippen LogP contribution in [0.1, 0.15) is 24.0 Å². The second-order valence-corrected chi connectivity index (χ2v) is 5.68. The Hall–Kier alpha value is -2.14. The summed E-state index contributed by atoms with van der Waals surface area (Å²) in [5, 5.41) is 3.61. The molecule has 0 fully saturated rings. The van der Waals surface area contributed by atoms with Crippen molar-refractivity contribution in [2.45, 2.75) is 25.9 Å². The monoisotopic (exact) mass is 316 g/mol. The Labute approximate surface area is 134 Å². The number of benzene rings is 1. The van der Waals surface area contributed by atoms with Gasteiger partial charge in [-0.3, -0.25) is 4.79 Å². The van der Waals surface area contributed by atoms with E-state index in [0.29, 0.717) is 23.8 Å². The number of halogens is 1. The summed E-state index contributed by atoms with van der Waals surface area (Å²) in [7, 11) is 0. The molecule has 0 unspecified atom stereocenters. The largest absolute Gasteiger partial charge is 0.369 e. The standard InChI is InChI=1S/C16H17ClN4O/c17-14-8-18-11-20-16(14)19-7-3-6-15(22)21-9-12-4-1-2-5-13(12)10-21/h1-2,4-5,8,11H,3,6-7,9-10H2,(H,18,19,20). The minimum atomic E-state index is 0.187. The number of hydrogen-bond donors (Lipinski definition) is 1. The van der Waals surface area contributed by atoms with E-state index in [4.69, 9.17) is 11.6 Å². The lowest BCUT2D eigenvalue weighted by Gasteiger charge is -2.15. The molecule has 1 aromatic carbocycles. The van der Waals surface area contributed by atoms with E-state index in [1.165, 1.54) is 17.5 Å². The number of nitrogens with zero attached hydrogens (tertiary/aromatic N) is 3. The fraction of sp³-hybridized carbons (Fsp3) is 0.312. The highest BCUT2D eigenvalue weighted by atomic mass is 35.5. The molecule has 1 N–H and O–H groups in total. The number of nitrogens with one attached hydrogen (secondary N) is 1. The van der Waals surface area contributed by atoms with E-state index in [0.717, 1.165) is 19.5 Å². The van der Waals surface area contributed by atoms with Crippen LogP contribution in [-0.2, 0) is 17.9 Å². The minimum Gasteiger partial charge on any atom is -0.369 e. The normalized spacial score (nSPS) is 13.0. The summed E-state index contributed by atoms with van der Waals surface area (Å²) in [6, 6.07) is 8.20. The topological polar surface area (TPSA) is 58.1 Å². The Morgan fingerprint density at radius 1 is 1.27 bits per heavy atom. The van der Waals surface area contributed by atoms with Crippen LogP contribution in [0, 0.1) is 0 Å². The highest BCUT2D eigenvalue weighted by molar-refractivity contribution is 6.32. The van der Waals surface area contributed by atoms with Gasteiger partial charge in [0, 0.05) is 26.1 Å². The molecule has 114 valence electrons. The molecule has 0 atom stereocenters.